The zero-order chi connectivity index (χ0) is 31.2. The van der Waals surface area contributed by atoms with Crippen LogP contribution in [0.25, 0.3) is 0 Å². The van der Waals surface area contributed by atoms with Crippen LogP contribution >= 0.6 is 0 Å². The largest absolute Gasteiger partial charge is 0.759 e. The Morgan fingerprint density at radius 3 is 1.22 bits per heavy atom. The second-order valence-corrected chi connectivity index (χ2v) is 13.3. The van der Waals surface area contributed by atoms with Gasteiger partial charge in [0.2, 0.25) is 0 Å². The Morgan fingerprint density at radius 1 is 0.683 bits per heavy atom. The minimum absolute atomic E-state index is 0.850. The van der Waals surface area contributed by atoms with Crippen molar-refractivity contribution in [2.45, 2.75) is 39.5 Å². The number of nitrogens with zero attached hydrogens (tertiary/aromatic N) is 6. The smallest absolute Gasteiger partial charge is 0.135 e. The van der Waals surface area contributed by atoms with Gasteiger partial charge in [0.15, 0.2) is 0 Å². The minimum Gasteiger partial charge on any atom is -0.759 e. The molecule has 0 aliphatic carbocycles. The normalized spacial score (nSPS) is 17.9. The lowest BCUT2D eigenvalue weighted by molar-refractivity contribution is 0.352. The van der Waals surface area contributed by atoms with Gasteiger partial charge in [-0.25, -0.2) is 9.98 Å². The molecule has 2 saturated heterocycles. The Bertz CT molecular complexity index is 1260. The number of rotatable bonds is 4. The van der Waals surface area contributed by atoms with E-state index < -0.39 is 10.4 Å². The molecule has 0 radical (unpaired) electrons. The number of benzene rings is 2. The van der Waals surface area contributed by atoms with E-state index >= 15 is 0 Å². The fraction of sp³-hybridized carbons (Fsp3) is 0.533. The van der Waals surface area contributed by atoms with Crippen LogP contribution in [0.3, 0.4) is 0 Å². The summed E-state index contributed by atoms with van der Waals surface area (Å²) in [4.78, 5) is 14.0. The topological polar surface area (TPSA) is 111 Å². The maximum Gasteiger partial charge on any atom is 0.135 e. The van der Waals surface area contributed by atoms with E-state index in [9.17, 15) is 0 Å². The predicted molar refractivity (Wildman–Crippen MR) is 170 cm³/mol. The molecule has 0 unspecified atom stereocenters. The molecule has 2 aromatic rings. The van der Waals surface area contributed by atoms with E-state index in [-0.39, 0.29) is 0 Å². The number of aliphatic imine (C=N–C) groups is 2. The third kappa shape index (κ3) is 11.5. The van der Waals surface area contributed by atoms with Gasteiger partial charge in [0.05, 0.1) is 53.7 Å². The molecule has 4 rings (SSSR count). The lowest BCUT2D eigenvalue weighted by atomic mass is 10.1. The molecule has 0 spiro atoms. The van der Waals surface area contributed by atoms with Crippen LogP contribution in [-0.4, -0.2) is 108 Å². The van der Waals surface area contributed by atoms with Crippen molar-refractivity contribution in [2.24, 2.45) is 9.98 Å². The van der Waals surface area contributed by atoms with Gasteiger partial charge in [-0.2, -0.15) is 0 Å². The number of hydrogen-bond acceptors (Lipinski definition) is 6. The minimum atomic E-state index is -5.17. The van der Waals surface area contributed by atoms with Crippen molar-refractivity contribution in [1.82, 2.24) is 18.8 Å². The van der Waals surface area contributed by atoms with E-state index in [1.165, 1.54) is 47.0 Å². The van der Waals surface area contributed by atoms with Gasteiger partial charge >= 0.3 is 0 Å². The molecule has 2 aromatic carbocycles. The number of likely N-dealkylation sites (tertiary alicyclic amines) is 2. The molecule has 2 aliphatic heterocycles. The van der Waals surface area contributed by atoms with Gasteiger partial charge < -0.3 is 18.9 Å². The molecule has 2 heterocycles. The van der Waals surface area contributed by atoms with Crippen LogP contribution in [0.15, 0.2) is 46.4 Å². The van der Waals surface area contributed by atoms with Crippen molar-refractivity contribution in [3.63, 3.8) is 0 Å². The summed E-state index contributed by atoms with van der Waals surface area (Å²) in [6.07, 6.45) is 4.66. The maximum atomic E-state index is 8.52. The summed E-state index contributed by atoms with van der Waals surface area (Å²) in [5.74, 6) is 2.43. The molecule has 228 valence electrons. The molecular weight excluding hydrogens is 540 g/mol. The molecule has 11 heteroatoms. The molecule has 0 atom stereocenters. The second kappa shape index (κ2) is 13.9. The highest BCUT2D eigenvalue weighted by Crippen LogP contribution is 2.29. The zero-order valence-electron chi connectivity index (χ0n) is 26.4. The molecule has 0 amide bonds. The average Bonchev–Trinajstić information content (AvgIpc) is 3.39. The summed E-state index contributed by atoms with van der Waals surface area (Å²) >= 11 is 0. The molecule has 2 aliphatic rings. The average molecular weight is 589 g/mol. The second-order valence-electron chi connectivity index (χ2n) is 12.5. The highest BCUT2D eigenvalue weighted by atomic mass is 32.3. The van der Waals surface area contributed by atoms with E-state index in [4.69, 9.17) is 27.5 Å². The number of aryl methyl sites for hydroxylation is 2. The number of quaternary nitrogens is 2. The van der Waals surface area contributed by atoms with Crippen molar-refractivity contribution >= 4 is 44.8 Å². The fourth-order valence-corrected chi connectivity index (χ4v) is 5.09. The standard InChI is InChI=1S/2C15H24N3.H2O4S/c2*1-12-11-13(8-9-14(12)18(3,4)5)16-15-7-6-10-17(15)2;1-5(2,3)4/h2*8-9,11H,6-7,10H2,1-5H3;(H2,1,2,3,4)/q2*+1;/p-2. The Morgan fingerprint density at radius 2 is 1.00 bits per heavy atom. The lowest BCUT2D eigenvalue weighted by Gasteiger charge is -2.25. The van der Waals surface area contributed by atoms with Crippen LogP contribution in [-0.2, 0) is 10.4 Å². The third-order valence-corrected chi connectivity index (χ3v) is 6.99. The first kappa shape index (κ1) is 34.4. The number of hydrogen-bond donors (Lipinski definition) is 0. The maximum absolute atomic E-state index is 8.52. The predicted octanol–water partition coefficient (Wildman–Crippen LogP) is 4.56. The van der Waals surface area contributed by atoms with E-state index in [2.05, 4.69) is 116 Å². The van der Waals surface area contributed by atoms with Crippen LogP contribution in [0.4, 0.5) is 22.7 Å². The van der Waals surface area contributed by atoms with Crippen molar-refractivity contribution in [2.75, 3.05) is 69.5 Å². The first-order valence-electron chi connectivity index (χ1n) is 13.8. The summed E-state index contributed by atoms with van der Waals surface area (Å²) in [5, 5.41) is 0. The van der Waals surface area contributed by atoms with Gasteiger partial charge in [0.25, 0.3) is 0 Å². The quantitative estimate of drug-likeness (QED) is 0.294. The van der Waals surface area contributed by atoms with Crippen molar-refractivity contribution in [3.8, 4) is 0 Å². The van der Waals surface area contributed by atoms with Crippen molar-refractivity contribution in [1.29, 1.82) is 0 Å². The lowest BCUT2D eigenvalue weighted by Crippen LogP contribution is -2.35. The highest BCUT2D eigenvalue weighted by Gasteiger charge is 2.18. The molecule has 10 nitrogen and oxygen atoms in total. The van der Waals surface area contributed by atoms with Gasteiger partial charge in [0, 0.05) is 73.7 Å². The molecule has 2 fully saturated rings. The third-order valence-electron chi connectivity index (χ3n) is 6.99. The first-order chi connectivity index (χ1) is 18.8. The Hall–Kier alpha value is -2.83. The van der Waals surface area contributed by atoms with Crippen LogP contribution in [0.5, 0.6) is 0 Å². The number of amidine groups is 2. The molecule has 0 N–H and O–H groups in total. The van der Waals surface area contributed by atoms with E-state index in [0.29, 0.717) is 0 Å². The molecular formula is C30H48N6O4S. The van der Waals surface area contributed by atoms with Crippen LogP contribution < -0.4 is 8.97 Å². The molecule has 0 saturated carbocycles. The Balaban J connectivity index is 0.000000247. The van der Waals surface area contributed by atoms with Crippen LogP contribution in [0.2, 0.25) is 0 Å². The summed E-state index contributed by atoms with van der Waals surface area (Å²) in [6, 6.07) is 13.0. The van der Waals surface area contributed by atoms with Gasteiger partial charge in [-0.05, 0) is 51.0 Å². The molecule has 0 bridgehead atoms. The molecule has 41 heavy (non-hydrogen) atoms. The van der Waals surface area contributed by atoms with Gasteiger partial charge in [-0.3, -0.25) is 17.4 Å². The Kier molecular flexibility index (Phi) is 11.6. The fourth-order valence-electron chi connectivity index (χ4n) is 5.09. The highest BCUT2D eigenvalue weighted by molar-refractivity contribution is 7.79. The first-order valence-corrected chi connectivity index (χ1v) is 15.2. The van der Waals surface area contributed by atoms with Crippen molar-refractivity contribution < 1.29 is 17.5 Å². The van der Waals surface area contributed by atoms with E-state index in [1.807, 2.05) is 0 Å². The SMILES string of the molecule is Cc1cc(N=C2CCCN2C)ccc1[N+](C)(C)C.Cc1cc(N=C2CCCN2C)ccc1[N+](C)(C)C.O=S(=O)([O-])[O-]. The van der Waals surface area contributed by atoms with Gasteiger partial charge in [0.1, 0.15) is 23.0 Å². The van der Waals surface area contributed by atoms with Gasteiger partial charge in [-0.1, -0.05) is 0 Å². The monoisotopic (exact) mass is 588 g/mol. The van der Waals surface area contributed by atoms with Crippen LogP contribution in [0.1, 0.15) is 36.8 Å². The van der Waals surface area contributed by atoms with Gasteiger partial charge in [-0.15, -0.1) is 0 Å². The Labute approximate surface area is 247 Å². The van der Waals surface area contributed by atoms with Crippen molar-refractivity contribution in [3.05, 3.63) is 47.5 Å². The molecule has 0 aromatic heterocycles. The summed E-state index contributed by atoms with van der Waals surface area (Å²) < 4.78 is 35.8. The zero-order valence-corrected chi connectivity index (χ0v) is 27.2. The van der Waals surface area contributed by atoms with Crippen LogP contribution in [0, 0.1) is 13.8 Å². The summed E-state index contributed by atoms with van der Waals surface area (Å²) in [5.41, 5.74) is 7.47. The summed E-state index contributed by atoms with van der Waals surface area (Å²) in [6.45, 7) is 6.60. The van der Waals surface area contributed by atoms with E-state index in [0.717, 1.165) is 46.3 Å². The van der Waals surface area contributed by atoms with E-state index in [1.54, 1.807) is 0 Å². The summed E-state index contributed by atoms with van der Waals surface area (Å²) in [7, 11) is 12.2.